The van der Waals surface area contributed by atoms with Crippen molar-refractivity contribution in [3.8, 4) is 5.69 Å². The summed E-state index contributed by atoms with van der Waals surface area (Å²) in [6.07, 6.45) is 5.11. The number of nitrogens with zero attached hydrogens (tertiary/aromatic N) is 4. The number of likely N-dealkylation sites (tertiary alicyclic amines) is 1. The van der Waals surface area contributed by atoms with Crippen LogP contribution in [-0.4, -0.2) is 77.7 Å². The largest absolute Gasteiger partial charge is 0.354 e. The number of carbonyl (C=O) groups is 1. The van der Waals surface area contributed by atoms with Gasteiger partial charge < -0.3 is 20.9 Å². The van der Waals surface area contributed by atoms with Gasteiger partial charge in [0.05, 0.1) is 5.69 Å². The fourth-order valence-corrected chi connectivity index (χ4v) is 5.25. The Bertz CT molecular complexity index is 1040. The quantitative estimate of drug-likeness (QED) is 0.577. The van der Waals surface area contributed by atoms with Crippen molar-refractivity contribution in [1.29, 1.82) is 0 Å². The molecule has 1 saturated carbocycles. The topological polar surface area (TPSA) is 109 Å². The van der Waals surface area contributed by atoms with Gasteiger partial charge in [-0.15, -0.1) is 0 Å². The molecular formula is C24H33N7O2. The molecular weight excluding hydrogens is 418 g/mol. The Morgan fingerprint density at radius 3 is 2.70 bits per heavy atom. The number of amides is 2. The number of nitrogens with two attached hydrogens (primary N) is 1. The Hall–Kier alpha value is -2.75. The van der Waals surface area contributed by atoms with Gasteiger partial charge in [0.2, 0.25) is 0 Å². The monoisotopic (exact) mass is 451 g/mol. The molecule has 2 aliphatic heterocycles. The van der Waals surface area contributed by atoms with Gasteiger partial charge in [0.25, 0.3) is 0 Å². The van der Waals surface area contributed by atoms with Crippen molar-refractivity contribution in [2.24, 2.45) is 17.1 Å². The lowest BCUT2D eigenvalue weighted by Gasteiger charge is -2.27. The van der Waals surface area contributed by atoms with Crippen LogP contribution in [0.2, 0.25) is 0 Å². The van der Waals surface area contributed by atoms with E-state index in [4.69, 9.17) is 5.73 Å². The summed E-state index contributed by atoms with van der Waals surface area (Å²) >= 11 is 0. The first kappa shape index (κ1) is 22.1. The average Bonchev–Trinajstić information content (AvgIpc) is 3.41. The average molecular weight is 452 g/mol. The van der Waals surface area contributed by atoms with Crippen LogP contribution in [0.5, 0.6) is 0 Å². The van der Waals surface area contributed by atoms with Gasteiger partial charge in [0.1, 0.15) is 5.82 Å². The molecule has 9 heteroatoms. The van der Waals surface area contributed by atoms with Crippen molar-refractivity contribution < 1.29 is 4.79 Å². The van der Waals surface area contributed by atoms with Crippen molar-refractivity contribution in [2.75, 3.05) is 57.7 Å². The van der Waals surface area contributed by atoms with E-state index >= 15 is 0 Å². The molecule has 176 valence electrons. The van der Waals surface area contributed by atoms with Crippen LogP contribution in [0.4, 0.5) is 10.6 Å². The van der Waals surface area contributed by atoms with E-state index in [1.54, 1.807) is 17.2 Å². The second-order valence-electron chi connectivity index (χ2n) is 9.61. The maximum absolute atomic E-state index is 12.5. The normalized spacial score (nSPS) is 24.5. The summed E-state index contributed by atoms with van der Waals surface area (Å²) in [6, 6.07) is 9.48. The number of aryl methyl sites for hydroxylation is 1. The predicted octanol–water partition coefficient (Wildman–Crippen LogP) is 0.883. The van der Waals surface area contributed by atoms with Crippen LogP contribution in [-0.2, 0) is 6.42 Å². The van der Waals surface area contributed by atoms with Crippen molar-refractivity contribution in [3.05, 3.63) is 52.6 Å². The van der Waals surface area contributed by atoms with Gasteiger partial charge in [-0.05, 0) is 67.4 Å². The van der Waals surface area contributed by atoms with Gasteiger partial charge in [0, 0.05) is 45.5 Å². The van der Waals surface area contributed by atoms with E-state index in [-0.39, 0.29) is 11.8 Å². The Kier molecular flexibility index (Phi) is 6.18. The standard InChI is InChI=1S/C24H33N7O2/c25-16-24-14-19(24)15-29(17-24)10-1-2-18-3-5-20(6-4-18)31-11-7-21(28-23(31)33)27-22(32)30-12-8-26-9-13-30/h3-7,11,19,26H,1-2,8-10,12-17,25H2,(H,27,28,32,33). The predicted molar refractivity (Wildman–Crippen MR) is 128 cm³/mol. The van der Waals surface area contributed by atoms with Crippen LogP contribution in [0.1, 0.15) is 18.4 Å². The van der Waals surface area contributed by atoms with E-state index in [0.29, 0.717) is 18.5 Å². The van der Waals surface area contributed by atoms with Gasteiger partial charge >= 0.3 is 11.7 Å². The van der Waals surface area contributed by atoms with Crippen molar-refractivity contribution in [3.63, 3.8) is 0 Å². The van der Waals surface area contributed by atoms with Gasteiger partial charge in [0.15, 0.2) is 0 Å². The molecule has 0 radical (unpaired) electrons. The van der Waals surface area contributed by atoms with E-state index in [1.165, 1.54) is 23.1 Å². The molecule has 3 fully saturated rings. The first-order chi connectivity index (χ1) is 16.1. The van der Waals surface area contributed by atoms with Crippen molar-refractivity contribution >= 4 is 11.8 Å². The third kappa shape index (κ3) is 4.80. The molecule has 33 heavy (non-hydrogen) atoms. The number of anilines is 1. The Morgan fingerprint density at radius 1 is 1.21 bits per heavy atom. The zero-order chi connectivity index (χ0) is 22.8. The number of piperazine rings is 1. The van der Waals surface area contributed by atoms with Crippen LogP contribution in [0, 0.1) is 11.3 Å². The van der Waals surface area contributed by atoms with Crippen LogP contribution in [0.25, 0.3) is 5.69 Å². The summed E-state index contributed by atoms with van der Waals surface area (Å²) in [7, 11) is 0. The molecule has 9 nitrogen and oxygen atoms in total. The maximum atomic E-state index is 12.5. The molecule has 2 aromatic rings. The molecule has 2 atom stereocenters. The molecule has 5 rings (SSSR count). The van der Waals surface area contributed by atoms with Gasteiger partial charge in [-0.2, -0.15) is 4.98 Å². The number of fused-ring (bicyclic) bond motifs is 1. The zero-order valence-electron chi connectivity index (χ0n) is 19.0. The lowest BCUT2D eigenvalue weighted by molar-refractivity contribution is 0.204. The summed E-state index contributed by atoms with van der Waals surface area (Å²) in [5.74, 6) is 1.10. The summed E-state index contributed by atoms with van der Waals surface area (Å²) in [5.41, 5.74) is 8.00. The second-order valence-corrected chi connectivity index (χ2v) is 9.61. The Labute approximate surface area is 194 Å². The summed E-state index contributed by atoms with van der Waals surface area (Å²) in [4.78, 5) is 33.2. The minimum atomic E-state index is -0.415. The molecule has 2 unspecified atom stereocenters. The first-order valence-corrected chi connectivity index (χ1v) is 11.9. The number of aromatic nitrogens is 2. The molecule has 1 aromatic carbocycles. The summed E-state index contributed by atoms with van der Waals surface area (Å²) in [5, 5.41) is 5.93. The number of piperidine rings is 1. The fraction of sp³-hybridized carbons (Fsp3) is 0.542. The van der Waals surface area contributed by atoms with Crippen molar-refractivity contribution in [2.45, 2.75) is 19.3 Å². The molecule has 3 heterocycles. The number of hydrogen-bond acceptors (Lipinski definition) is 6. The maximum Gasteiger partial charge on any atom is 0.354 e. The number of carbonyl (C=O) groups excluding carboxylic acids is 1. The number of urea groups is 1. The second kappa shape index (κ2) is 9.24. The Morgan fingerprint density at radius 2 is 2.00 bits per heavy atom. The molecule has 0 spiro atoms. The van der Waals surface area contributed by atoms with E-state index in [9.17, 15) is 9.59 Å². The highest BCUT2D eigenvalue weighted by Gasteiger charge is 2.58. The molecule has 4 N–H and O–H groups in total. The van der Waals surface area contributed by atoms with E-state index in [1.807, 2.05) is 12.1 Å². The minimum Gasteiger partial charge on any atom is -0.330 e. The van der Waals surface area contributed by atoms with Gasteiger partial charge in [-0.25, -0.2) is 9.59 Å². The molecule has 1 aliphatic carbocycles. The van der Waals surface area contributed by atoms with Crippen LogP contribution >= 0.6 is 0 Å². The SMILES string of the molecule is NCC12CC1CN(CCCc1ccc(-n3ccc(NC(=O)N4CCNCC4)nc3=O)cc1)C2. The van der Waals surface area contributed by atoms with Crippen molar-refractivity contribution in [1.82, 2.24) is 24.7 Å². The highest BCUT2D eigenvalue weighted by Crippen LogP contribution is 2.56. The van der Waals surface area contributed by atoms with Crippen LogP contribution < -0.4 is 22.1 Å². The molecule has 2 saturated heterocycles. The number of hydrogen-bond donors (Lipinski definition) is 3. The summed E-state index contributed by atoms with van der Waals surface area (Å²) in [6.45, 7) is 7.13. The Balaban J connectivity index is 1.13. The van der Waals surface area contributed by atoms with E-state index in [0.717, 1.165) is 57.2 Å². The minimum absolute atomic E-state index is 0.227. The van der Waals surface area contributed by atoms with Crippen LogP contribution in [0.15, 0.2) is 41.3 Å². The number of rotatable bonds is 7. The molecule has 3 aliphatic rings. The number of benzene rings is 1. The van der Waals surface area contributed by atoms with Gasteiger partial charge in [-0.3, -0.25) is 9.88 Å². The molecule has 2 amide bonds. The molecule has 1 aromatic heterocycles. The molecule has 0 bridgehead atoms. The van der Waals surface area contributed by atoms with Crippen LogP contribution in [0.3, 0.4) is 0 Å². The lowest BCUT2D eigenvalue weighted by Crippen LogP contribution is -2.48. The lowest BCUT2D eigenvalue weighted by atomic mass is 10.1. The van der Waals surface area contributed by atoms with E-state index in [2.05, 4.69) is 32.7 Å². The fourth-order valence-electron chi connectivity index (χ4n) is 5.25. The zero-order valence-corrected chi connectivity index (χ0v) is 19.0. The highest BCUT2D eigenvalue weighted by atomic mass is 16.2. The third-order valence-corrected chi connectivity index (χ3v) is 7.38. The summed E-state index contributed by atoms with van der Waals surface area (Å²) < 4.78 is 1.49. The number of nitrogens with one attached hydrogen (secondary N) is 2. The van der Waals surface area contributed by atoms with Gasteiger partial charge in [-0.1, -0.05) is 12.1 Å². The smallest absolute Gasteiger partial charge is 0.330 e. The first-order valence-electron chi connectivity index (χ1n) is 11.9. The third-order valence-electron chi connectivity index (χ3n) is 7.38. The van der Waals surface area contributed by atoms with E-state index < -0.39 is 5.69 Å². The highest BCUT2D eigenvalue weighted by molar-refractivity contribution is 5.88.